The fourth-order valence-corrected chi connectivity index (χ4v) is 1.52. The van der Waals surface area contributed by atoms with E-state index in [0.29, 0.717) is 0 Å². The molecule has 1 aromatic heterocycles. The van der Waals surface area contributed by atoms with E-state index < -0.39 is 30.2 Å². The van der Waals surface area contributed by atoms with Gasteiger partial charge >= 0.3 is 12.0 Å². The smallest absolute Gasteiger partial charge is 0.328 e. The summed E-state index contributed by atoms with van der Waals surface area (Å²) in [5, 5.41) is 38.0. The van der Waals surface area contributed by atoms with Crippen molar-refractivity contribution in [1.82, 2.24) is 26.1 Å². The highest BCUT2D eigenvalue weighted by Crippen LogP contribution is 2.07. The monoisotopic (exact) mass is 376 g/mol. The lowest BCUT2D eigenvalue weighted by atomic mass is 10.2. The van der Waals surface area contributed by atoms with Gasteiger partial charge in [0.1, 0.15) is 0 Å². The van der Waals surface area contributed by atoms with E-state index in [4.69, 9.17) is 14.7 Å². The van der Waals surface area contributed by atoms with Gasteiger partial charge in [-0.15, -0.1) is 0 Å². The fourth-order valence-electron chi connectivity index (χ4n) is 1.52. The van der Waals surface area contributed by atoms with E-state index in [-0.39, 0.29) is 30.8 Å². The summed E-state index contributed by atoms with van der Waals surface area (Å²) in [4.78, 5) is 35.6. The first kappa shape index (κ1) is 23.2. The van der Waals surface area contributed by atoms with Crippen LogP contribution >= 0.6 is 0 Å². The van der Waals surface area contributed by atoms with Crippen LogP contribution in [0, 0.1) is 0 Å². The van der Waals surface area contributed by atoms with Gasteiger partial charge in [0.2, 0.25) is 11.8 Å². The minimum Gasteiger partial charge on any atom is -0.480 e. The number of hydrogen-bond donors (Lipinski definition) is 7. The Labute approximate surface area is 148 Å². The molecule has 0 radical (unpaired) electrons. The number of nitrogens with zero attached hydrogens (tertiary/aromatic N) is 2. The normalized spacial score (nSPS) is 13.6. The summed E-state index contributed by atoms with van der Waals surface area (Å²) in [5.74, 6) is -1.37. The number of aromatic nitrogens is 2. The Hall–Kier alpha value is -2.77. The first-order valence-corrected chi connectivity index (χ1v) is 7.44. The van der Waals surface area contributed by atoms with Crippen LogP contribution in [0.1, 0.15) is 31.6 Å². The van der Waals surface area contributed by atoms with Crippen LogP contribution in [0.5, 0.6) is 0 Å². The SMILES string of the molecule is CC(N)=O.CNC(CO)c1noc(CNC(=O)NC(C(=O)O)C(C)O)n1. The fraction of sp³-hybridized carbons (Fsp3) is 0.615. The van der Waals surface area contributed by atoms with Crippen LogP contribution in [0.2, 0.25) is 0 Å². The van der Waals surface area contributed by atoms with Crippen molar-refractivity contribution in [3.05, 3.63) is 11.7 Å². The predicted octanol–water partition coefficient (Wildman–Crippen LogP) is -2.55. The molecule has 1 rings (SSSR count). The van der Waals surface area contributed by atoms with E-state index in [2.05, 4.69) is 31.8 Å². The van der Waals surface area contributed by atoms with Crippen molar-refractivity contribution in [3.63, 3.8) is 0 Å². The maximum Gasteiger partial charge on any atom is 0.328 e. The number of hydrogen-bond acceptors (Lipinski definition) is 9. The Bertz CT molecular complexity index is 583. The highest BCUT2D eigenvalue weighted by Gasteiger charge is 2.25. The lowest BCUT2D eigenvalue weighted by molar-refractivity contribution is -0.141. The van der Waals surface area contributed by atoms with Crippen LogP contribution in [-0.4, -0.2) is 69.2 Å². The number of aliphatic carboxylic acids is 1. The Balaban J connectivity index is 0.00000141. The lowest BCUT2D eigenvalue weighted by Crippen LogP contribution is -2.51. The van der Waals surface area contributed by atoms with Crippen molar-refractivity contribution in [3.8, 4) is 0 Å². The molecule has 148 valence electrons. The minimum absolute atomic E-state index is 0.0859. The topological polar surface area (TPSA) is 213 Å². The van der Waals surface area contributed by atoms with E-state index in [1.54, 1.807) is 7.05 Å². The summed E-state index contributed by atoms with van der Waals surface area (Å²) < 4.78 is 4.88. The second-order valence-corrected chi connectivity index (χ2v) is 5.06. The van der Waals surface area contributed by atoms with Crippen molar-refractivity contribution < 1.29 is 34.2 Å². The number of aliphatic hydroxyl groups is 2. The van der Waals surface area contributed by atoms with Gasteiger partial charge in [0.15, 0.2) is 11.9 Å². The van der Waals surface area contributed by atoms with E-state index in [9.17, 15) is 19.5 Å². The van der Waals surface area contributed by atoms with E-state index in [1.165, 1.54) is 13.8 Å². The zero-order chi connectivity index (χ0) is 20.3. The first-order valence-electron chi connectivity index (χ1n) is 7.44. The third-order valence-electron chi connectivity index (χ3n) is 2.76. The molecule has 3 atom stereocenters. The zero-order valence-electron chi connectivity index (χ0n) is 14.6. The molecular formula is C13H24N6O7. The van der Waals surface area contributed by atoms with Crippen LogP contribution in [0.15, 0.2) is 4.52 Å². The highest BCUT2D eigenvalue weighted by atomic mass is 16.5. The molecule has 1 heterocycles. The summed E-state index contributed by atoms with van der Waals surface area (Å²) in [6, 6.07) is -2.72. The predicted molar refractivity (Wildman–Crippen MR) is 86.5 cm³/mol. The molecule has 1 aromatic rings. The van der Waals surface area contributed by atoms with Crippen molar-refractivity contribution in [1.29, 1.82) is 0 Å². The molecule has 0 aliphatic rings. The summed E-state index contributed by atoms with van der Waals surface area (Å²) in [6.07, 6.45) is -1.25. The summed E-state index contributed by atoms with van der Waals surface area (Å²) >= 11 is 0. The number of carbonyl (C=O) groups is 3. The average Bonchev–Trinajstić information content (AvgIpc) is 2.99. The molecule has 13 nitrogen and oxygen atoms in total. The summed E-state index contributed by atoms with van der Waals surface area (Å²) in [5.41, 5.74) is 4.47. The van der Waals surface area contributed by atoms with Gasteiger partial charge in [-0.05, 0) is 14.0 Å². The maximum absolute atomic E-state index is 11.5. The van der Waals surface area contributed by atoms with E-state index in [0.717, 1.165) is 0 Å². The Morgan fingerprint density at radius 1 is 1.35 bits per heavy atom. The minimum atomic E-state index is -1.43. The van der Waals surface area contributed by atoms with E-state index in [1.807, 2.05) is 0 Å². The lowest BCUT2D eigenvalue weighted by Gasteiger charge is -2.16. The maximum atomic E-state index is 11.5. The van der Waals surface area contributed by atoms with Gasteiger partial charge in [0, 0.05) is 6.92 Å². The Kier molecular flexibility index (Phi) is 10.5. The second kappa shape index (κ2) is 11.7. The summed E-state index contributed by atoms with van der Waals surface area (Å²) in [7, 11) is 1.62. The number of carboxylic acids is 1. The number of carboxylic acid groups (broad SMARTS) is 1. The van der Waals surface area contributed by atoms with Gasteiger partial charge < -0.3 is 41.5 Å². The molecular weight excluding hydrogens is 352 g/mol. The Morgan fingerprint density at radius 3 is 2.35 bits per heavy atom. The van der Waals surface area contributed by atoms with Crippen LogP contribution in [0.4, 0.5) is 4.79 Å². The standard InChI is InChI=1S/C11H19N5O6.C2H5NO/c1-5(18)8(10(19)20)15-11(21)13-3-7-14-9(16-22-7)6(4-17)12-2;1-2(3)4/h5-6,8,12,17-18H,3-4H2,1-2H3,(H,19,20)(H2,13,15,21);1H3,(H2,3,4). The van der Waals surface area contributed by atoms with E-state index >= 15 is 0 Å². The van der Waals surface area contributed by atoms with Crippen LogP contribution in [-0.2, 0) is 16.1 Å². The van der Waals surface area contributed by atoms with Crippen molar-refractivity contribution in [2.24, 2.45) is 5.73 Å². The molecule has 0 aliphatic carbocycles. The number of rotatable bonds is 8. The number of urea groups is 1. The molecule has 0 aliphatic heterocycles. The molecule has 8 N–H and O–H groups in total. The number of nitrogens with two attached hydrogens (primary N) is 1. The third kappa shape index (κ3) is 8.91. The number of amides is 3. The highest BCUT2D eigenvalue weighted by molar-refractivity contribution is 5.82. The number of nitrogens with one attached hydrogen (secondary N) is 3. The largest absolute Gasteiger partial charge is 0.480 e. The second-order valence-electron chi connectivity index (χ2n) is 5.06. The molecule has 3 amide bonds. The molecule has 0 spiro atoms. The number of likely N-dealkylation sites (N-methyl/N-ethyl adjacent to an activating group) is 1. The quantitative estimate of drug-likeness (QED) is 0.252. The third-order valence-corrected chi connectivity index (χ3v) is 2.76. The van der Waals surface area contributed by atoms with Crippen molar-refractivity contribution >= 4 is 17.9 Å². The summed E-state index contributed by atoms with van der Waals surface area (Å²) in [6.45, 7) is 2.20. The molecule has 0 aromatic carbocycles. The van der Waals surface area contributed by atoms with Gasteiger partial charge in [-0.25, -0.2) is 9.59 Å². The molecule has 0 bridgehead atoms. The Morgan fingerprint density at radius 2 is 1.92 bits per heavy atom. The molecule has 0 saturated carbocycles. The van der Waals surface area contributed by atoms with Gasteiger partial charge in [0.05, 0.1) is 25.3 Å². The number of primary amides is 1. The van der Waals surface area contributed by atoms with Crippen LogP contribution in [0.3, 0.4) is 0 Å². The van der Waals surface area contributed by atoms with Crippen molar-refractivity contribution in [2.45, 2.75) is 38.6 Å². The molecule has 13 heteroatoms. The van der Waals surface area contributed by atoms with Gasteiger partial charge in [-0.3, -0.25) is 4.79 Å². The first-order chi connectivity index (χ1) is 12.1. The van der Waals surface area contributed by atoms with Crippen LogP contribution in [0.25, 0.3) is 0 Å². The van der Waals surface area contributed by atoms with Gasteiger partial charge in [-0.1, -0.05) is 5.16 Å². The number of aliphatic hydroxyl groups excluding tert-OH is 2. The molecule has 0 saturated heterocycles. The molecule has 3 unspecified atom stereocenters. The van der Waals surface area contributed by atoms with Gasteiger partial charge in [0.25, 0.3) is 0 Å². The molecule has 26 heavy (non-hydrogen) atoms. The van der Waals surface area contributed by atoms with Gasteiger partial charge in [-0.2, -0.15) is 4.98 Å². The molecule has 0 fully saturated rings. The average molecular weight is 376 g/mol. The van der Waals surface area contributed by atoms with Crippen LogP contribution < -0.4 is 21.7 Å². The zero-order valence-corrected chi connectivity index (χ0v) is 14.6. The number of carbonyl (C=O) groups excluding carboxylic acids is 2. The van der Waals surface area contributed by atoms with Crippen molar-refractivity contribution in [2.75, 3.05) is 13.7 Å².